The summed E-state index contributed by atoms with van der Waals surface area (Å²) in [5.41, 5.74) is 3.72. The van der Waals surface area contributed by atoms with Crippen molar-refractivity contribution in [1.82, 2.24) is 14.7 Å². The fraction of sp³-hybridized carbons (Fsp3) is 0.412. The number of aryl methyl sites for hydroxylation is 2. The van der Waals surface area contributed by atoms with Crippen LogP contribution >= 0.6 is 0 Å². The topological polar surface area (TPSA) is 47.4 Å². The van der Waals surface area contributed by atoms with Crippen LogP contribution in [0.25, 0.3) is 11.3 Å². The Balaban J connectivity index is 1.88. The zero-order chi connectivity index (χ0) is 15.7. The fourth-order valence-corrected chi connectivity index (χ4v) is 2.74. The van der Waals surface area contributed by atoms with E-state index in [1.807, 2.05) is 24.9 Å². The maximum Gasteiger partial charge on any atom is 0.274 e. The van der Waals surface area contributed by atoms with Crippen LogP contribution in [0.15, 0.2) is 30.3 Å². The molecule has 3 rings (SSSR count). The number of carbonyl (C=O) groups is 1. The van der Waals surface area contributed by atoms with Crippen molar-refractivity contribution in [2.75, 3.05) is 19.8 Å². The molecule has 2 aromatic rings. The molecule has 0 bridgehead atoms. The van der Waals surface area contributed by atoms with Gasteiger partial charge >= 0.3 is 0 Å². The van der Waals surface area contributed by atoms with Crippen molar-refractivity contribution in [3.63, 3.8) is 0 Å². The largest absolute Gasteiger partial charge is 0.377 e. The first kappa shape index (κ1) is 14.8. The standard InChI is InChI=1S/C17H21N3O2/c1-12-4-6-14(7-5-12)16-10-15(18-19(16)3)17(21)20-8-9-22-11-13(20)2/h4-7,10,13H,8-9,11H2,1-3H3. The molecule has 1 amide bonds. The van der Waals surface area contributed by atoms with Gasteiger partial charge < -0.3 is 9.64 Å². The van der Waals surface area contributed by atoms with Crippen LogP contribution in [0.2, 0.25) is 0 Å². The fourth-order valence-electron chi connectivity index (χ4n) is 2.74. The van der Waals surface area contributed by atoms with Crippen molar-refractivity contribution in [2.24, 2.45) is 7.05 Å². The van der Waals surface area contributed by atoms with Crippen LogP contribution in [0, 0.1) is 6.92 Å². The van der Waals surface area contributed by atoms with Gasteiger partial charge in [-0.1, -0.05) is 29.8 Å². The van der Waals surface area contributed by atoms with E-state index in [1.165, 1.54) is 5.56 Å². The zero-order valence-electron chi connectivity index (χ0n) is 13.2. The normalized spacial score (nSPS) is 18.5. The summed E-state index contributed by atoms with van der Waals surface area (Å²) in [6.45, 7) is 5.86. The van der Waals surface area contributed by atoms with Crippen molar-refractivity contribution in [1.29, 1.82) is 0 Å². The Morgan fingerprint density at radius 2 is 2.05 bits per heavy atom. The molecule has 5 heteroatoms. The highest BCUT2D eigenvalue weighted by molar-refractivity contribution is 5.93. The SMILES string of the molecule is Cc1ccc(-c2cc(C(=O)N3CCOCC3C)nn2C)cc1. The van der Waals surface area contributed by atoms with E-state index in [-0.39, 0.29) is 11.9 Å². The second kappa shape index (κ2) is 5.93. The van der Waals surface area contributed by atoms with E-state index in [9.17, 15) is 4.79 Å². The van der Waals surface area contributed by atoms with Crippen LogP contribution in [-0.4, -0.2) is 46.4 Å². The second-order valence-electron chi connectivity index (χ2n) is 5.83. The Labute approximate surface area is 130 Å². The number of rotatable bonds is 2. The number of ether oxygens (including phenoxy) is 1. The van der Waals surface area contributed by atoms with Gasteiger partial charge in [0.25, 0.3) is 5.91 Å². The van der Waals surface area contributed by atoms with Crippen LogP contribution < -0.4 is 0 Å². The Morgan fingerprint density at radius 1 is 1.32 bits per heavy atom. The molecule has 0 N–H and O–H groups in total. The molecule has 0 spiro atoms. The summed E-state index contributed by atoms with van der Waals surface area (Å²) in [6.07, 6.45) is 0. The van der Waals surface area contributed by atoms with Crippen molar-refractivity contribution >= 4 is 5.91 Å². The molecule has 1 aliphatic heterocycles. The first-order chi connectivity index (χ1) is 10.6. The first-order valence-corrected chi connectivity index (χ1v) is 7.56. The number of hydrogen-bond acceptors (Lipinski definition) is 3. The second-order valence-corrected chi connectivity index (χ2v) is 5.83. The van der Waals surface area contributed by atoms with Crippen LogP contribution in [0.4, 0.5) is 0 Å². The van der Waals surface area contributed by atoms with Crippen molar-refractivity contribution < 1.29 is 9.53 Å². The molecule has 0 aliphatic carbocycles. The third kappa shape index (κ3) is 2.76. The number of hydrogen-bond donors (Lipinski definition) is 0. The maximum absolute atomic E-state index is 12.7. The van der Waals surface area contributed by atoms with Crippen LogP contribution in [0.1, 0.15) is 23.0 Å². The number of nitrogens with zero attached hydrogens (tertiary/aromatic N) is 3. The number of carbonyl (C=O) groups excluding carboxylic acids is 1. The third-order valence-corrected chi connectivity index (χ3v) is 4.07. The van der Waals surface area contributed by atoms with E-state index in [2.05, 4.69) is 36.3 Å². The molecule has 1 unspecified atom stereocenters. The average molecular weight is 299 g/mol. The van der Waals surface area contributed by atoms with Crippen LogP contribution in [-0.2, 0) is 11.8 Å². The summed E-state index contributed by atoms with van der Waals surface area (Å²) >= 11 is 0. The van der Waals surface area contributed by atoms with E-state index in [4.69, 9.17) is 4.74 Å². The maximum atomic E-state index is 12.7. The molecule has 1 aromatic carbocycles. The van der Waals surface area contributed by atoms with Crippen molar-refractivity contribution in [3.05, 3.63) is 41.6 Å². The minimum atomic E-state index is -0.0234. The lowest BCUT2D eigenvalue weighted by molar-refractivity contribution is 0.00323. The van der Waals surface area contributed by atoms with Gasteiger partial charge in [-0.25, -0.2) is 0 Å². The summed E-state index contributed by atoms with van der Waals surface area (Å²) < 4.78 is 7.15. The summed E-state index contributed by atoms with van der Waals surface area (Å²) in [5, 5.41) is 4.40. The van der Waals surface area contributed by atoms with Gasteiger partial charge in [-0.2, -0.15) is 5.10 Å². The Bertz CT molecular complexity index is 676. The highest BCUT2D eigenvalue weighted by Gasteiger charge is 2.27. The van der Waals surface area contributed by atoms with Gasteiger partial charge in [-0.3, -0.25) is 9.48 Å². The Kier molecular flexibility index (Phi) is 3.98. The van der Waals surface area contributed by atoms with Gasteiger partial charge in [0.05, 0.1) is 24.9 Å². The Morgan fingerprint density at radius 3 is 2.73 bits per heavy atom. The van der Waals surface area contributed by atoms with Crippen LogP contribution in [0.5, 0.6) is 0 Å². The molecule has 2 heterocycles. The molecule has 1 fully saturated rings. The molecule has 1 atom stereocenters. The van der Waals surface area contributed by atoms with Gasteiger partial charge in [0, 0.05) is 13.6 Å². The summed E-state index contributed by atoms with van der Waals surface area (Å²) in [4.78, 5) is 14.5. The van der Waals surface area contributed by atoms with Crippen molar-refractivity contribution in [3.8, 4) is 11.3 Å². The quantitative estimate of drug-likeness (QED) is 0.854. The lowest BCUT2D eigenvalue weighted by Crippen LogP contribution is -2.47. The molecular weight excluding hydrogens is 278 g/mol. The predicted molar refractivity (Wildman–Crippen MR) is 84.7 cm³/mol. The zero-order valence-corrected chi connectivity index (χ0v) is 13.2. The van der Waals surface area contributed by atoms with E-state index in [0.717, 1.165) is 11.3 Å². The minimum absolute atomic E-state index is 0.0234. The molecule has 1 aromatic heterocycles. The first-order valence-electron chi connectivity index (χ1n) is 7.56. The van der Waals surface area contributed by atoms with Gasteiger partial charge in [-0.15, -0.1) is 0 Å². The highest BCUT2D eigenvalue weighted by Crippen LogP contribution is 2.21. The number of amides is 1. The van der Waals surface area contributed by atoms with Gasteiger partial charge in [0.15, 0.2) is 5.69 Å². The van der Waals surface area contributed by atoms with Gasteiger partial charge in [-0.05, 0) is 25.5 Å². The van der Waals surface area contributed by atoms with E-state index < -0.39 is 0 Å². The van der Waals surface area contributed by atoms with E-state index in [1.54, 1.807) is 4.68 Å². The monoisotopic (exact) mass is 299 g/mol. The minimum Gasteiger partial charge on any atom is -0.377 e. The van der Waals surface area contributed by atoms with E-state index >= 15 is 0 Å². The molecule has 116 valence electrons. The summed E-state index contributed by atoms with van der Waals surface area (Å²) in [7, 11) is 1.87. The lowest BCUT2D eigenvalue weighted by atomic mass is 10.1. The number of aromatic nitrogens is 2. The Hall–Kier alpha value is -2.14. The molecule has 5 nitrogen and oxygen atoms in total. The average Bonchev–Trinajstić information content (AvgIpc) is 2.90. The predicted octanol–water partition coefficient (Wildman–Crippen LogP) is 2.26. The molecular formula is C17H21N3O2. The van der Waals surface area contributed by atoms with Gasteiger partial charge in [0.1, 0.15) is 0 Å². The molecule has 1 saturated heterocycles. The molecule has 22 heavy (non-hydrogen) atoms. The van der Waals surface area contributed by atoms with Crippen LogP contribution in [0.3, 0.4) is 0 Å². The van der Waals surface area contributed by atoms with Crippen molar-refractivity contribution in [2.45, 2.75) is 19.9 Å². The lowest BCUT2D eigenvalue weighted by Gasteiger charge is -2.32. The summed E-state index contributed by atoms with van der Waals surface area (Å²) in [6, 6.07) is 10.2. The number of morpholine rings is 1. The molecule has 0 radical (unpaired) electrons. The van der Waals surface area contributed by atoms with E-state index in [0.29, 0.717) is 25.5 Å². The molecule has 0 saturated carbocycles. The smallest absolute Gasteiger partial charge is 0.274 e. The van der Waals surface area contributed by atoms with Gasteiger partial charge in [0.2, 0.25) is 0 Å². The highest BCUT2D eigenvalue weighted by atomic mass is 16.5. The third-order valence-electron chi connectivity index (χ3n) is 4.07. The summed E-state index contributed by atoms with van der Waals surface area (Å²) in [5.74, 6) is -0.0234. The number of benzene rings is 1. The molecule has 1 aliphatic rings.